The molecule has 0 aliphatic carbocycles. The van der Waals surface area contributed by atoms with Crippen molar-refractivity contribution >= 4 is 41.3 Å². The molecule has 25 heavy (non-hydrogen) atoms. The van der Waals surface area contributed by atoms with Gasteiger partial charge in [-0.1, -0.05) is 23.7 Å². The Kier molecular flexibility index (Phi) is 5.74. The first-order valence-corrected chi connectivity index (χ1v) is 9.71. The van der Waals surface area contributed by atoms with Crippen LogP contribution in [0.15, 0.2) is 36.4 Å². The van der Waals surface area contributed by atoms with Crippen molar-refractivity contribution in [3.63, 3.8) is 0 Å². The molecule has 1 N–H and O–H groups in total. The van der Waals surface area contributed by atoms with Crippen LogP contribution >= 0.6 is 35.3 Å². The third kappa shape index (κ3) is 3.87. The van der Waals surface area contributed by atoms with Crippen LogP contribution in [0, 0.1) is 5.41 Å². The Hall–Kier alpha value is -1.07. The van der Waals surface area contributed by atoms with E-state index in [1.807, 2.05) is 41.3 Å². The maximum absolute atomic E-state index is 12.8. The van der Waals surface area contributed by atoms with Gasteiger partial charge in [0.1, 0.15) is 0 Å². The summed E-state index contributed by atoms with van der Waals surface area (Å²) in [5.41, 5.74) is 1.55. The Morgan fingerprint density at radius 3 is 2.44 bits per heavy atom. The summed E-state index contributed by atoms with van der Waals surface area (Å²) in [6.45, 7) is 4.02. The SMILES string of the molecule is Cl.O=C(c1ccc(-c2ccc(Cl)cc2)s1)N1CCC2(CCNC2)CC1. The van der Waals surface area contributed by atoms with Gasteiger partial charge in [0, 0.05) is 29.5 Å². The van der Waals surface area contributed by atoms with Crippen molar-refractivity contribution in [1.29, 1.82) is 0 Å². The number of halogens is 2. The highest BCUT2D eigenvalue weighted by atomic mass is 35.5. The van der Waals surface area contributed by atoms with Crippen molar-refractivity contribution in [3.8, 4) is 10.4 Å². The zero-order chi connectivity index (χ0) is 16.6. The van der Waals surface area contributed by atoms with Crippen molar-refractivity contribution in [2.24, 2.45) is 5.41 Å². The van der Waals surface area contributed by atoms with Crippen LogP contribution in [0.25, 0.3) is 10.4 Å². The Bertz CT molecular complexity index is 728. The van der Waals surface area contributed by atoms with Gasteiger partial charge >= 0.3 is 0 Å². The number of hydrogen-bond donors (Lipinski definition) is 1. The molecule has 3 heterocycles. The summed E-state index contributed by atoms with van der Waals surface area (Å²) in [6.07, 6.45) is 3.51. The Morgan fingerprint density at radius 1 is 1.08 bits per heavy atom. The summed E-state index contributed by atoms with van der Waals surface area (Å²) in [5, 5.41) is 4.20. The third-order valence-electron chi connectivity index (χ3n) is 5.39. The lowest BCUT2D eigenvalue weighted by atomic mass is 9.78. The van der Waals surface area contributed by atoms with E-state index in [2.05, 4.69) is 5.32 Å². The minimum Gasteiger partial charge on any atom is -0.338 e. The highest BCUT2D eigenvalue weighted by molar-refractivity contribution is 7.17. The quantitative estimate of drug-likeness (QED) is 0.796. The van der Waals surface area contributed by atoms with E-state index in [9.17, 15) is 4.79 Å². The van der Waals surface area contributed by atoms with Crippen LogP contribution < -0.4 is 5.32 Å². The standard InChI is InChI=1S/C19H21ClN2OS.ClH/c20-15-3-1-14(2-4-15)16-5-6-17(24-16)18(23)22-11-8-19(9-12-22)7-10-21-13-19;/h1-6,21H,7-13H2;1H. The normalized spacial score (nSPS) is 19.0. The second-order valence-electron chi connectivity index (χ2n) is 6.89. The molecule has 3 nitrogen and oxygen atoms in total. The van der Waals surface area contributed by atoms with Crippen LogP contribution in [0.2, 0.25) is 5.02 Å². The van der Waals surface area contributed by atoms with E-state index in [4.69, 9.17) is 11.6 Å². The number of likely N-dealkylation sites (tertiary alicyclic amines) is 1. The fraction of sp³-hybridized carbons (Fsp3) is 0.421. The molecule has 0 unspecified atom stereocenters. The monoisotopic (exact) mass is 396 g/mol. The van der Waals surface area contributed by atoms with Gasteiger partial charge in [0.25, 0.3) is 5.91 Å². The van der Waals surface area contributed by atoms with E-state index in [0.717, 1.165) is 59.4 Å². The topological polar surface area (TPSA) is 32.3 Å². The van der Waals surface area contributed by atoms with Crippen molar-refractivity contribution in [3.05, 3.63) is 46.3 Å². The van der Waals surface area contributed by atoms with Gasteiger partial charge in [-0.3, -0.25) is 4.79 Å². The molecule has 4 rings (SSSR count). The van der Waals surface area contributed by atoms with Crippen molar-refractivity contribution in [2.45, 2.75) is 19.3 Å². The Labute approximate surface area is 163 Å². The van der Waals surface area contributed by atoms with Gasteiger partial charge in [-0.2, -0.15) is 0 Å². The van der Waals surface area contributed by atoms with E-state index in [-0.39, 0.29) is 18.3 Å². The van der Waals surface area contributed by atoms with Crippen LogP contribution in [-0.4, -0.2) is 37.0 Å². The molecule has 134 valence electrons. The summed E-state index contributed by atoms with van der Waals surface area (Å²) in [7, 11) is 0. The number of nitrogens with zero attached hydrogens (tertiary/aromatic N) is 1. The predicted molar refractivity (Wildman–Crippen MR) is 107 cm³/mol. The number of amides is 1. The number of rotatable bonds is 2. The number of hydrogen-bond acceptors (Lipinski definition) is 3. The van der Waals surface area contributed by atoms with Gasteiger partial charge in [0.15, 0.2) is 0 Å². The van der Waals surface area contributed by atoms with Crippen LogP contribution in [0.5, 0.6) is 0 Å². The first-order valence-electron chi connectivity index (χ1n) is 8.51. The average Bonchev–Trinajstić information content (AvgIpc) is 3.26. The minimum atomic E-state index is 0. The molecule has 1 spiro atoms. The van der Waals surface area contributed by atoms with E-state index in [1.54, 1.807) is 11.3 Å². The van der Waals surface area contributed by atoms with E-state index in [0.29, 0.717) is 5.41 Å². The van der Waals surface area contributed by atoms with Gasteiger partial charge in [-0.15, -0.1) is 23.7 Å². The summed E-state index contributed by atoms with van der Waals surface area (Å²) >= 11 is 7.52. The van der Waals surface area contributed by atoms with Crippen LogP contribution in [-0.2, 0) is 0 Å². The Morgan fingerprint density at radius 2 is 1.80 bits per heavy atom. The number of carbonyl (C=O) groups excluding carboxylic acids is 1. The van der Waals surface area contributed by atoms with Crippen LogP contribution in [0.1, 0.15) is 28.9 Å². The molecule has 2 fully saturated rings. The van der Waals surface area contributed by atoms with Gasteiger partial charge in [-0.05, 0) is 61.1 Å². The predicted octanol–water partition coefficient (Wildman–Crippen LogP) is 4.71. The van der Waals surface area contributed by atoms with Crippen molar-refractivity contribution in [2.75, 3.05) is 26.2 Å². The summed E-state index contributed by atoms with van der Waals surface area (Å²) in [5.74, 6) is 0.181. The summed E-state index contributed by atoms with van der Waals surface area (Å²) < 4.78 is 0. The second-order valence-corrected chi connectivity index (χ2v) is 8.41. The maximum Gasteiger partial charge on any atom is 0.263 e. The lowest BCUT2D eigenvalue weighted by Gasteiger charge is -2.38. The zero-order valence-corrected chi connectivity index (χ0v) is 16.4. The second kappa shape index (κ2) is 7.67. The molecule has 0 saturated carbocycles. The zero-order valence-electron chi connectivity index (χ0n) is 14.0. The van der Waals surface area contributed by atoms with E-state index >= 15 is 0 Å². The van der Waals surface area contributed by atoms with Gasteiger partial charge in [0.2, 0.25) is 0 Å². The molecule has 2 saturated heterocycles. The maximum atomic E-state index is 12.8. The molecule has 1 amide bonds. The largest absolute Gasteiger partial charge is 0.338 e. The first-order chi connectivity index (χ1) is 11.7. The molecule has 6 heteroatoms. The molecule has 2 aliphatic rings. The molecule has 2 aromatic rings. The fourth-order valence-corrected chi connectivity index (χ4v) is 4.89. The average molecular weight is 397 g/mol. The number of benzene rings is 1. The number of carbonyl (C=O) groups is 1. The molecule has 1 aromatic carbocycles. The lowest BCUT2D eigenvalue weighted by molar-refractivity contribution is 0.0612. The van der Waals surface area contributed by atoms with Crippen molar-refractivity contribution in [1.82, 2.24) is 10.2 Å². The van der Waals surface area contributed by atoms with Gasteiger partial charge < -0.3 is 10.2 Å². The van der Waals surface area contributed by atoms with E-state index < -0.39 is 0 Å². The highest BCUT2D eigenvalue weighted by Gasteiger charge is 2.38. The smallest absolute Gasteiger partial charge is 0.263 e. The molecule has 0 radical (unpaired) electrons. The molecular weight excluding hydrogens is 375 g/mol. The number of nitrogens with one attached hydrogen (secondary N) is 1. The minimum absolute atomic E-state index is 0. The first kappa shape index (κ1) is 18.7. The molecule has 0 atom stereocenters. The fourth-order valence-electron chi connectivity index (χ4n) is 3.78. The lowest BCUT2D eigenvalue weighted by Crippen LogP contribution is -2.43. The van der Waals surface area contributed by atoms with Crippen molar-refractivity contribution < 1.29 is 4.79 Å². The van der Waals surface area contributed by atoms with E-state index in [1.165, 1.54) is 6.42 Å². The van der Waals surface area contributed by atoms with Gasteiger partial charge in [-0.25, -0.2) is 0 Å². The molecular formula is C19H22Cl2N2OS. The molecule has 2 aliphatic heterocycles. The van der Waals surface area contributed by atoms with Crippen LogP contribution in [0.4, 0.5) is 0 Å². The highest BCUT2D eigenvalue weighted by Crippen LogP contribution is 2.38. The summed E-state index contributed by atoms with van der Waals surface area (Å²) in [4.78, 5) is 16.8. The number of piperidine rings is 1. The number of thiophene rings is 1. The van der Waals surface area contributed by atoms with Gasteiger partial charge in [0.05, 0.1) is 4.88 Å². The Balaban J connectivity index is 0.00000182. The molecule has 1 aromatic heterocycles. The third-order valence-corrected chi connectivity index (χ3v) is 6.76. The molecule has 0 bridgehead atoms. The summed E-state index contributed by atoms with van der Waals surface area (Å²) in [6, 6.07) is 11.8. The van der Waals surface area contributed by atoms with Crippen LogP contribution in [0.3, 0.4) is 0 Å².